The molecular formula is C20H17F3N2O3. The average Bonchev–Trinajstić information content (AvgIpc) is 2.68. The topological polar surface area (TPSA) is 53.5 Å². The molecule has 0 unspecified atom stereocenters. The van der Waals surface area contributed by atoms with Crippen molar-refractivity contribution in [2.45, 2.75) is 19.7 Å². The Morgan fingerprint density at radius 1 is 0.929 bits per heavy atom. The third-order valence-electron chi connectivity index (χ3n) is 3.83. The minimum Gasteiger partial charge on any atom is -0.496 e. The van der Waals surface area contributed by atoms with Crippen LogP contribution in [0.3, 0.4) is 0 Å². The molecule has 146 valence electrons. The highest BCUT2D eigenvalue weighted by Crippen LogP contribution is 2.44. The van der Waals surface area contributed by atoms with Crippen LogP contribution in [-0.4, -0.2) is 17.1 Å². The normalized spacial score (nSPS) is 11.2. The van der Waals surface area contributed by atoms with Gasteiger partial charge in [0.05, 0.1) is 7.11 Å². The van der Waals surface area contributed by atoms with Gasteiger partial charge in [0.15, 0.2) is 11.5 Å². The predicted molar refractivity (Wildman–Crippen MR) is 95.6 cm³/mol. The number of hydrogen-bond donors (Lipinski definition) is 0. The van der Waals surface area contributed by atoms with E-state index in [1.807, 2.05) is 31.2 Å². The fourth-order valence-electron chi connectivity index (χ4n) is 2.41. The minimum absolute atomic E-state index is 0.0814. The van der Waals surface area contributed by atoms with Gasteiger partial charge >= 0.3 is 12.2 Å². The van der Waals surface area contributed by atoms with Crippen LogP contribution in [0.1, 0.15) is 16.7 Å². The number of nitrogens with zero attached hydrogens (tertiary/aromatic N) is 2. The summed E-state index contributed by atoms with van der Waals surface area (Å²) in [5.41, 5.74) is 0.959. The summed E-state index contributed by atoms with van der Waals surface area (Å²) in [5, 5.41) is 0. The fraction of sp³-hybridized carbons (Fsp3) is 0.200. The maximum absolute atomic E-state index is 13.4. The van der Waals surface area contributed by atoms with Crippen molar-refractivity contribution in [2.75, 3.05) is 7.11 Å². The zero-order valence-corrected chi connectivity index (χ0v) is 15.2. The molecule has 1 heterocycles. The van der Waals surface area contributed by atoms with Gasteiger partial charge in [-0.2, -0.15) is 13.2 Å². The van der Waals surface area contributed by atoms with E-state index in [-0.39, 0.29) is 29.9 Å². The molecule has 0 N–H and O–H groups in total. The van der Waals surface area contributed by atoms with Crippen molar-refractivity contribution in [3.63, 3.8) is 0 Å². The molecule has 0 atom stereocenters. The Hall–Kier alpha value is -3.29. The van der Waals surface area contributed by atoms with Gasteiger partial charge in [-0.25, -0.2) is 9.97 Å². The van der Waals surface area contributed by atoms with Crippen LogP contribution >= 0.6 is 0 Å². The standard InChI is InChI=1S/C20H17F3N2O3/c1-13-4-6-14(7-5-13)12-27-17-11-16(26-2)15(20(21,22)23)10-18(17)28-19-24-8-3-9-25-19/h3-11H,12H2,1-2H3. The first-order chi connectivity index (χ1) is 13.4. The molecule has 2 aromatic carbocycles. The number of aryl methyl sites for hydroxylation is 1. The van der Waals surface area contributed by atoms with Gasteiger partial charge in [0.2, 0.25) is 0 Å². The molecule has 0 aliphatic carbocycles. The van der Waals surface area contributed by atoms with E-state index in [4.69, 9.17) is 14.2 Å². The van der Waals surface area contributed by atoms with Crippen molar-refractivity contribution in [3.8, 4) is 23.3 Å². The van der Waals surface area contributed by atoms with Crippen LogP contribution in [0.15, 0.2) is 54.9 Å². The largest absolute Gasteiger partial charge is 0.496 e. The Bertz CT molecular complexity index is 930. The van der Waals surface area contributed by atoms with E-state index in [0.29, 0.717) is 0 Å². The summed E-state index contributed by atoms with van der Waals surface area (Å²) in [7, 11) is 1.16. The Morgan fingerprint density at radius 2 is 1.61 bits per heavy atom. The summed E-state index contributed by atoms with van der Waals surface area (Å²) >= 11 is 0. The van der Waals surface area contributed by atoms with E-state index in [1.54, 1.807) is 6.07 Å². The Kier molecular flexibility index (Phi) is 5.67. The Labute approximate surface area is 159 Å². The smallest absolute Gasteiger partial charge is 0.420 e. The molecule has 1 aromatic heterocycles. The first kappa shape index (κ1) is 19.5. The average molecular weight is 390 g/mol. The molecule has 0 saturated carbocycles. The second-order valence-electron chi connectivity index (χ2n) is 5.90. The Morgan fingerprint density at radius 3 is 2.21 bits per heavy atom. The van der Waals surface area contributed by atoms with Gasteiger partial charge in [-0.05, 0) is 18.6 Å². The number of hydrogen-bond acceptors (Lipinski definition) is 5. The number of methoxy groups -OCH3 is 1. The molecule has 0 spiro atoms. The van der Waals surface area contributed by atoms with Crippen molar-refractivity contribution in [2.24, 2.45) is 0 Å². The lowest BCUT2D eigenvalue weighted by Gasteiger charge is -2.17. The summed E-state index contributed by atoms with van der Waals surface area (Å²) in [6.07, 6.45) is -1.79. The summed E-state index contributed by atoms with van der Waals surface area (Å²) in [6.45, 7) is 2.10. The van der Waals surface area contributed by atoms with Crippen LogP contribution in [0.2, 0.25) is 0 Å². The monoisotopic (exact) mass is 390 g/mol. The number of alkyl halides is 3. The molecule has 0 aliphatic heterocycles. The number of aromatic nitrogens is 2. The highest BCUT2D eigenvalue weighted by Gasteiger charge is 2.36. The van der Waals surface area contributed by atoms with Gasteiger partial charge in [-0.3, -0.25) is 0 Å². The van der Waals surface area contributed by atoms with Crippen molar-refractivity contribution >= 4 is 0 Å². The molecule has 3 rings (SSSR count). The van der Waals surface area contributed by atoms with Crippen LogP contribution in [0.5, 0.6) is 23.3 Å². The van der Waals surface area contributed by atoms with Gasteiger partial charge in [0.1, 0.15) is 17.9 Å². The third kappa shape index (κ3) is 4.70. The van der Waals surface area contributed by atoms with Crippen LogP contribution in [0.25, 0.3) is 0 Å². The highest BCUT2D eigenvalue weighted by molar-refractivity contribution is 5.52. The van der Waals surface area contributed by atoms with Gasteiger partial charge in [0.25, 0.3) is 0 Å². The lowest BCUT2D eigenvalue weighted by molar-refractivity contribution is -0.138. The molecule has 0 radical (unpaired) electrons. The summed E-state index contributed by atoms with van der Waals surface area (Å²) in [6, 6.07) is 11.0. The summed E-state index contributed by atoms with van der Waals surface area (Å²) < 4.78 is 56.2. The predicted octanol–water partition coefficient (Wildman–Crippen LogP) is 5.18. The second-order valence-corrected chi connectivity index (χ2v) is 5.90. The van der Waals surface area contributed by atoms with E-state index < -0.39 is 11.7 Å². The molecule has 28 heavy (non-hydrogen) atoms. The highest BCUT2D eigenvalue weighted by atomic mass is 19.4. The molecule has 0 bridgehead atoms. The summed E-state index contributed by atoms with van der Waals surface area (Å²) in [5.74, 6) is -0.447. The maximum atomic E-state index is 13.4. The van der Waals surface area contributed by atoms with Gasteiger partial charge < -0.3 is 14.2 Å². The molecule has 0 aliphatic rings. The second kappa shape index (κ2) is 8.16. The molecule has 8 heteroatoms. The van der Waals surface area contributed by atoms with Gasteiger partial charge in [-0.1, -0.05) is 29.8 Å². The van der Waals surface area contributed by atoms with E-state index in [2.05, 4.69) is 9.97 Å². The first-order valence-corrected chi connectivity index (χ1v) is 8.29. The first-order valence-electron chi connectivity index (χ1n) is 8.29. The number of rotatable bonds is 6. The lowest BCUT2D eigenvalue weighted by Crippen LogP contribution is -2.09. The van der Waals surface area contributed by atoms with Crippen LogP contribution < -0.4 is 14.2 Å². The zero-order valence-electron chi connectivity index (χ0n) is 15.2. The molecule has 3 aromatic rings. The molecule has 0 fully saturated rings. The number of benzene rings is 2. The number of ether oxygens (including phenoxy) is 3. The van der Waals surface area contributed by atoms with Crippen molar-refractivity contribution < 1.29 is 27.4 Å². The maximum Gasteiger partial charge on any atom is 0.420 e. The van der Waals surface area contributed by atoms with Crippen molar-refractivity contribution in [3.05, 3.63) is 71.5 Å². The van der Waals surface area contributed by atoms with Crippen LogP contribution in [-0.2, 0) is 12.8 Å². The fourth-order valence-corrected chi connectivity index (χ4v) is 2.41. The van der Waals surface area contributed by atoms with Gasteiger partial charge in [0, 0.05) is 24.5 Å². The van der Waals surface area contributed by atoms with E-state index in [9.17, 15) is 13.2 Å². The van der Waals surface area contributed by atoms with E-state index >= 15 is 0 Å². The Balaban J connectivity index is 1.96. The zero-order chi connectivity index (χ0) is 20.1. The summed E-state index contributed by atoms with van der Waals surface area (Å²) in [4.78, 5) is 7.75. The third-order valence-corrected chi connectivity index (χ3v) is 3.83. The minimum atomic E-state index is -4.63. The van der Waals surface area contributed by atoms with Crippen molar-refractivity contribution in [1.82, 2.24) is 9.97 Å². The quantitative estimate of drug-likeness (QED) is 0.580. The van der Waals surface area contributed by atoms with Crippen molar-refractivity contribution in [1.29, 1.82) is 0 Å². The van der Waals surface area contributed by atoms with Crippen LogP contribution in [0, 0.1) is 6.92 Å². The SMILES string of the molecule is COc1cc(OCc2ccc(C)cc2)c(Oc2ncccn2)cc1C(F)(F)F. The van der Waals surface area contributed by atoms with Gasteiger partial charge in [-0.15, -0.1) is 0 Å². The molecule has 0 saturated heterocycles. The molecule has 5 nitrogen and oxygen atoms in total. The van der Waals surface area contributed by atoms with E-state index in [0.717, 1.165) is 30.4 Å². The van der Waals surface area contributed by atoms with E-state index in [1.165, 1.54) is 12.4 Å². The molecule has 0 amide bonds. The lowest BCUT2D eigenvalue weighted by atomic mass is 10.1. The molecular weight excluding hydrogens is 373 g/mol. The van der Waals surface area contributed by atoms with Crippen LogP contribution in [0.4, 0.5) is 13.2 Å². The number of halogens is 3.